The maximum atomic E-state index is 13.4. The molecule has 3 aromatic rings. The molecule has 2 aliphatic rings. The Labute approximate surface area is 152 Å². The molecule has 3 heterocycles. The molecule has 0 spiro atoms. The molecule has 1 aromatic carbocycles. The molecule has 5 nitrogen and oxygen atoms in total. The number of aryl methyl sites for hydroxylation is 1. The summed E-state index contributed by atoms with van der Waals surface area (Å²) in [5.74, 6) is 0.640. The van der Waals surface area contributed by atoms with Crippen LogP contribution in [0.3, 0.4) is 0 Å². The highest BCUT2D eigenvalue weighted by molar-refractivity contribution is 5.97. The second-order valence-electron chi connectivity index (χ2n) is 7.57. The van der Waals surface area contributed by atoms with Gasteiger partial charge in [-0.3, -0.25) is 4.79 Å². The van der Waals surface area contributed by atoms with Crippen LogP contribution in [0, 0.1) is 5.92 Å². The zero-order valence-electron chi connectivity index (χ0n) is 14.9. The normalized spacial score (nSPS) is 25.0. The average Bonchev–Trinajstić information content (AvgIpc) is 3.04. The van der Waals surface area contributed by atoms with E-state index in [-0.39, 0.29) is 11.4 Å². The van der Waals surface area contributed by atoms with Crippen molar-refractivity contribution in [1.82, 2.24) is 19.4 Å². The molecule has 2 aromatic heterocycles. The van der Waals surface area contributed by atoms with E-state index in [1.807, 2.05) is 23.7 Å². The van der Waals surface area contributed by atoms with Crippen LogP contribution in [0.15, 0.2) is 48.9 Å². The summed E-state index contributed by atoms with van der Waals surface area (Å²) in [6, 6.07) is 12.4. The van der Waals surface area contributed by atoms with Gasteiger partial charge in [-0.2, -0.15) is 0 Å². The molecule has 1 saturated carbocycles. The number of benzene rings is 1. The third-order valence-electron chi connectivity index (χ3n) is 6.24. The van der Waals surface area contributed by atoms with Gasteiger partial charge in [-0.15, -0.1) is 0 Å². The monoisotopic (exact) mass is 346 g/mol. The van der Waals surface area contributed by atoms with E-state index < -0.39 is 0 Å². The smallest absolute Gasteiger partial charge is 0.256 e. The van der Waals surface area contributed by atoms with Gasteiger partial charge < -0.3 is 9.47 Å². The summed E-state index contributed by atoms with van der Waals surface area (Å²) in [5.41, 5.74) is 3.34. The quantitative estimate of drug-likeness (QED) is 0.713. The van der Waals surface area contributed by atoms with Crippen LogP contribution in [0.5, 0.6) is 0 Å². The van der Waals surface area contributed by atoms with Gasteiger partial charge in [0.1, 0.15) is 5.52 Å². The van der Waals surface area contributed by atoms with Crippen LogP contribution in [0.4, 0.5) is 0 Å². The van der Waals surface area contributed by atoms with E-state index in [4.69, 9.17) is 0 Å². The van der Waals surface area contributed by atoms with Gasteiger partial charge in [0.2, 0.25) is 0 Å². The maximum absolute atomic E-state index is 13.4. The number of nitrogens with zero attached hydrogens (tertiary/aromatic N) is 4. The zero-order valence-corrected chi connectivity index (χ0v) is 14.9. The van der Waals surface area contributed by atoms with Crippen LogP contribution < -0.4 is 0 Å². The molecule has 5 heteroatoms. The summed E-state index contributed by atoms with van der Waals surface area (Å²) in [7, 11) is 1.91. The molecule has 2 fully saturated rings. The van der Waals surface area contributed by atoms with Gasteiger partial charge in [0.05, 0.1) is 17.4 Å². The SMILES string of the molecule is Cn1cnc2cc(C(=O)N3C[C@H]4CCCC[C@]43c3ccccc3)cnc21. The number of hydrogen-bond acceptors (Lipinski definition) is 3. The van der Waals surface area contributed by atoms with Gasteiger partial charge in [-0.1, -0.05) is 43.2 Å². The Hall–Kier alpha value is -2.69. The van der Waals surface area contributed by atoms with Crippen molar-refractivity contribution in [2.45, 2.75) is 31.2 Å². The summed E-state index contributed by atoms with van der Waals surface area (Å²) in [5, 5.41) is 0. The topological polar surface area (TPSA) is 51.0 Å². The number of amides is 1. The number of aromatic nitrogens is 3. The lowest BCUT2D eigenvalue weighted by molar-refractivity contribution is -0.0869. The third-order valence-corrected chi connectivity index (χ3v) is 6.24. The Morgan fingerprint density at radius 1 is 1.19 bits per heavy atom. The minimum absolute atomic E-state index is 0.0760. The minimum atomic E-state index is -0.143. The molecule has 132 valence electrons. The minimum Gasteiger partial charge on any atom is -0.328 e. The van der Waals surface area contributed by atoms with Crippen LogP contribution in [0.25, 0.3) is 11.2 Å². The highest BCUT2D eigenvalue weighted by atomic mass is 16.2. The second kappa shape index (κ2) is 5.66. The van der Waals surface area contributed by atoms with Crippen molar-refractivity contribution >= 4 is 17.1 Å². The van der Waals surface area contributed by atoms with E-state index >= 15 is 0 Å². The summed E-state index contributed by atoms with van der Waals surface area (Å²) in [6.45, 7) is 0.841. The molecule has 5 rings (SSSR count). The lowest BCUT2D eigenvalue weighted by Gasteiger charge is -2.61. The second-order valence-corrected chi connectivity index (χ2v) is 7.57. The molecule has 1 saturated heterocycles. The molecule has 0 radical (unpaired) electrons. The first-order valence-electron chi connectivity index (χ1n) is 9.35. The van der Waals surface area contributed by atoms with Gasteiger partial charge in [-0.05, 0) is 24.5 Å². The molecule has 0 unspecified atom stereocenters. The molecule has 0 N–H and O–H groups in total. The predicted octanol–water partition coefficient (Wildman–Crippen LogP) is 3.51. The van der Waals surface area contributed by atoms with Crippen molar-refractivity contribution in [3.63, 3.8) is 0 Å². The zero-order chi connectivity index (χ0) is 17.7. The van der Waals surface area contributed by atoms with Crippen LogP contribution in [0.2, 0.25) is 0 Å². The molecule has 26 heavy (non-hydrogen) atoms. The van der Waals surface area contributed by atoms with Gasteiger partial charge >= 0.3 is 0 Å². The number of likely N-dealkylation sites (tertiary alicyclic amines) is 1. The van der Waals surface area contributed by atoms with Gasteiger partial charge in [0.15, 0.2) is 5.65 Å². The first-order chi connectivity index (χ1) is 12.7. The van der Waals surface area contributed by atoms with E-state index in [0.29, 0.717) is 11.5 Å². The van der Waals surface area contributed by atoms with Crippen molar-refractivity contribution in [2.75, 3.05) is 6.54 Å². The van der Waals surface area contributed by atoms with Crippen LogP contribution >= 0.6 is 0 Å². The predicted molar refractivity (Wildman–Crippen MR) is 99.6 cm³/mol. The number of fused-ring (bicyclic) bond motifs is 2. The lowest BCUT2D eigenvalue weighted by atomic mass is 9.61. The average molecular weight is 346 g/mol. The molecular formula is C21H22N4O. The van der Waals surface area contributed by atoms with Crippen LogP contribution in [-0.4, -0.2) is 31.9 Å². The molecule has 1 aliphatic heterocycles. The fraction of sp³-hybridized carbons (Fsp3) is 0.381. The molecule has 1 amide bonds. The van der Waals surface area contributed by atoms with Crippen molar-refractivity contribution < 1.29 is 4.79 Å². The van der Waals surface area contributed by atoms with E-state index in [1.165, 1.54) is 24.8 Å². The number of rotatable bonds is 2. The first kappa shape index (κ1) is 15.6. The fourth-order valence-electron chi connectivity index (χ4n) is 4.91. The number of hydrogen-bond donors (Lipinski definition) is 0. The van der Waals surface area contributed by atoms with Gasteiger partial charge in [0, 0.05) is 25.7 Å². The van der Waals surface area contributed by atoms with E-state index in [2.05, 4.69) is 39.1 Å². The molecule has 0 bridgehead atoms. The Bertz CT molecular complexity index is 980. The standard InChI is InChI=1S/C21H22N4O/c1-24-14-23-18-11-15(12-22-19(18)24)20(26)25-13-17-9-5-6-10-21(17,25)16-7-3-2-4-8-16/h2-4,7-8,11-12,14,17H,5-6,9-10,13H2,1H3/t17-,21+/m1/s1. The summed E-state index contributed by atoms with van der Waals surface area (Å²) >= 11 is 0. The lowest BCUT2D eigenvalue weighted by Crippen LogP contribution is -2.67. The molecular weight excluding hydrogens is 324 g/mol. The summed E-state index contributed by atoms with van der Waals surface area (Å²) in [4.78, 5) is 24.2. The molecule has 2 atom stereocenters. The number of carbonyl (C=O) groups is 1. The Morgan fingerprint density at radius 2 is 2.04 bits per heavy atom. The molecule has 1 aliphatic carbocycles. The van der Waals surface area contributed by atoms with E-state index in [1.54, 1.807) is 12.5 Å². The van der Waals surface area contributed by atoms with Crippen molar-refractivity contribution in [3.05, 3.63) is 60.0 Å². The number of carbonyl (C=O) groups excluding carboxylic acids is 1. The van der Waals surface area contributed by atoms with Gasteiger partial charge in [0.25, 0.3) is 5.91 Å². The van der Waals surface area contributed by atoms with Gasteiger partial charge in [-0.25, -0.2) is 9.97 Å². The Kier molecular flexibility index (Phi) is 3.39. The highest BCUT2D eigenvalue weighted by Gasteiger charge is 2.57. The first-order valence-corrected chi connectivity index (χ1v) is 9.35. The maximum Gasteiger partial charge on any atom is 0.256 e. The number of imidazole rings is 1. The fourth-order valence-corrected chi connectivity index (χ4v) is 4.91. The van der Waals surface area contributed by atoms with E-state index in [9.17, 15) is 4.79 Å². The van der Waals surface area contributed by atoms with Crippen molar-refractivity contribution in [2.24, 2.45) is 13.0 Å². The summed E-state index contributed by atoms with van der Waals surface area (Å²) in [6.07, 6.45) is 8.12. The van der Waals surface area contributed by atoms with Crippen LogP contribution in [0.1, 0.15) is 41.6 Å². The van der Waals surface area contributed by atoms with Crippen LogP contribution in [-0.2, 0) is 12.6 Å². The Morgan fingerprint density at radius 3 is 2.85 bits per heavy atom. The largest absolute Gasteiger partial charge is 0.328 e. The summed E-state index contributed by atoms with van der Waals surface area (Å²) < 4.78 is 1.87. The highest BCUT2D eigenvalue weighted by Crippen LogP contribution is 2.54. The van der Waals surface area contributed by atoms with Crippen molar-refractivity contribution in [3.8, 4) is 0 Å². The van der Waals surface area contributed by atoms with E-state index in [0.717, 1.165) is 24.1 Å². The Balaban J connectivity index is 1.54. The number of pyridine rings is 1. The van der Waals surface area contributed by atoms with Crippen molar-refractivity contribution in [1.29, 1.82) is 0 Å². The third kappa shape index (κ3) is 2.06.